The molecular formula is C35H38FN3O4S. The number of rotatable bonds is 12. The number of benzene rings is 4. The first kappa shape index (κ1) is 32.4. The van der Waals surface area contributed by atoms with Crippen LogP contribution >= 0.6 is 0 Å². The highest BCUT2D eigenvalue weighted by molar-refractivity contribution is 7.92. The molecular weight excluding hydrogens is 577 g/mol. The van der Waals surface area contributed by atoms with Crippen molar-refractivity contribution in [2.75, 3.05) is 17.4 Å². The van der Waals surface area contributed by atoms with Gasteiger partial charge >= 0.3 is 0 Å². The molecule has 0 aliphatic carbocycles. The maximum atomic E-state index is 14.4. The van der Waals surface area contributed by atoms with Gasteiger partial charge in [0.1, 0.15) is 18.4 Å². The Morgan fingerprint density at radius 2 is 1.41 bits per heavy atom. The van der Waals surface area contributed by atoms with Gasteiger partial charge in [0.2, 0.25) is 11.8 Å². The van der Waals surface area contributed by atoms with E-state index in [1.165, 1.54) is 29.2 Å². The number of amides is 2. The Hall–Kier alpha value is -4.50. The summed E-state index contributed by atoms with van der Waals surface area (Å²) in [7, 11) is -4.19. The first-order valence-electron chi connectivity index (χ1n) is 14.5. The van der Waals surface area contributed by atoms with E-state index in [2.05, 4.69) is 5.32 Å². The zero-order valence-corrected chi connectivity index (χ0v) is 26.3. The van der Waals surface area contributed by atoms with Crippen molar-refractivity contribution in [1.82, 2.24) is 10.2 Å². The highest BCUT2D eigenvalue weighted by Crippen LogP contribution is 2.27. The molecule has 4 rings (SSSR count). The van der Waals surface area contributed by atoms with Crippen LogP contribution in [0, 0.1) is 26.6 Å². The zero-order chi connectivity index (χ0) is 31.9. The second-order valence-corrected chi connectivity index (χ2v) is 12.8. The molecule has 7 nitrogen and oxygen atoms in total. The smallest absolute Gasteiger partial charge is 0.264 e. The summed E-state index contributed by atoms with van der Waals surface area (Å²) >= 11 is 0. The summed E-state index contributed by atoms with van der Waals surface area (Å²) in [5.41, 5.74) is 4.35. The average Bonchev–Trinajstić information content (AvgIpc) is 2.98. The van der Waals surface area contributed by atoms with Gasteiger partial charge in [0.05, 0.1) is 10.6 Å². The van der Waals surface area contributed by atoms with Crippen molar-refractivity contribution >= 4 is 27.5 Å². The third-order valence-corrected chi connectivity index (χ3v) is 9.06. The second-order valence-electron chi connectivity index (χ2n) is 10.9. The van der Waals surface area contributed by atoms with Gasteiger partial charge < -0.3 is 10.2 Å². The van der Waals surface area contributed by atoms with Crippen LogP contribution in [0.15, 0.2) is 102 Å². The Morgan fingerprint density at radius 3 is 2.00 bits per heavy atom. The molecule has 1 N–H and O–H groups in total. The van der Waals surface area contributed by atoms with Crippen LogP contribution in [-0.2, 0) is 32.6 Å². The summed E-state index contributed by atoms with van der Waals surface area (Å²) in [6, 6.07) is 25.9. The minimum absolute atomic E-state index is 0.0288. The van der Waals surface area contributed by atoms with Crippen molar-refractivity contribution in [2.24, 2.45) is 0 Å². The number of carbonyl (C=O) groups excluding carboxylic acids is 2. The van der Waals surface area contributed by atoms with E-state index in [0.717, 1.165) is 26.6 Å². The van der Waals surface area contributed by atoms with Gasteiger partial charge in [-0.3, -0.25) is 13.9 Å². The predicted molar refractivity (Wildman–Crippen MR) is 171 cm³/mol. The van der Waals surface area contributed by atoms with Gasteiger partial charge in [-0.2, -0.15) is 0 Å². The summed E-state index contributed by atoms with van der Waals surface area (Å²) in [6.45, 7) is 7.15. The molecule has 2 amide bonds. The molecule has 0 bridgehead atoms. The van der Waals surface area contributed by atoms with Crippen LogP contribution < -0.4 is 9.62 Å². The highest BCUT2D eigenvalue weighted by Gasteiger charge is 2.34. The van der Waals surface area contributed by atoms with Crippen LogP contribution in [0.5, 0.6) is 0 Å². The molecule has 0 saturated heterocycles. The number of carbonyl (C=O) groups is 2. The first-order chi connectivity index (χ1) is 21.0. The number of likely N-dealkylation sites (N-methyl/N-ethyl adjacent to an activating group) is 1. The standard InChI is InChI=1S/C35H38FN3O4S/c1-5-37-35(41)33(22-28-9-7-6-8-10-28)38(23-29-13-15-30(36)16-14-29)34(40)24-39(31-20-26(3)19-27(4)21-31)44(42,43)32-17-11-25(2)12-18-32/h6-21,33H,5,22-24H2,1-4H3,(H,37,41). The molecule has 9 heteroatoms. The number of nitrogens with zero attached hydrogens (tertiary/aromatic N) is 2. The predicted octanol–water partition coefficient (Wildman–Crippen LogP) is 5.72. The number of nitrogens with one attached hydrogen (secondary N) is 1. The van der Waals surface area contributed by atoms with Crippen molar-refractivity contribution in [1.29, 1.82) is 0 Å². The number of sulfonamides is 1. The fourth-order valence-corrected chi connectivity index (χ4v) is 6.49. The Morgan fingerprint density at radius 1 is 0.795 bits per heavy atom. The summed E-state index contributed by atoms with van der Waals surface area (Å²) in [6.07, 6.45) is 0.202. The minimum Gasteiger partial charge on any atom is -0.355 e. The number of hydrogen-bond acceptors (Lipinski definition) is 4. The zero-order valence-electron chi connectivity index (χ0n) is 25.5. The van der Waals surface area contributed by atoms with Crippen molar-refractivity contribution in [3.05, 3.63) is 131 Å². The quantitative estimate of drug-likeness (QED) is 0.221. The van der Waals surface area contributed by atoms with Crippen LogP contribution in [0.1, 0.15) is 34.7 Å². The third-order valence-electron chi connectivity index (χ3n) is 7.27. The number of halogens is 1. The molecule has 4 aromatic carbocycles. The summed E-state index contributed by atoms with van der Waals surface area (Å²) in [5.74, 6) is -1.37. The highest BCUT2D eigenvalue weighted by atomic mass is 32.2. The van der Waals surface area contributed by atoms with E-state index in [4.69, 9.17) is 0 Å². The van der Waals surface area contributed by atoms with E-state index in [9.17, 15) is 22.4 Å². The van der Waals surface area contributed by atoms with Gasteiger partial charge in [0.25, 0.3) is 10.0 Å². The van der Waals surface area contributed by atoms with Gasteiger partial charge in [-0.1, -0.05) is 66.2 Å². The molecule has 1 atom stereocenters. The Balaban J connectivity index is 1.81. The average molecular weight is 616 g/mol. The molecule has 0 aliphatic rings. The summed E-state index contributed by atoms with van der Waals surface area (Å²) in [5, 5.41) is 2.83. The van der Waals surface area contributed by atoms with Crippen LogP contribution in [0.25, 0.3) is 0 Å². The fourth-order valence-electron chi connectivity index (χ4n) is 5.09. The lowest BCUT2D eigenvalue weighted by atomic mass is 10.0. The van der Waals surface area contributed by atoms with Crippen LogP contribution in [0.4, 0.5) is 10.1 Å². The normalized spacial score (nSPS) is 11.9. The van der Waals surface area contributed by atoms with Gasteiger partial charge in [-0.15, -0.1) is 0 Å². The van der Waals surface area contributed by atoms with E-state index in [-0.39, 0.29) is 23.8 Å². The van der Waals surface area contributed by atoms with E-state index >= 15 is 0 Å². The lowest BCUT2D eigenvalue weighted by Gasteiger charge is -2.34. The molecule has 0 fully saturated rings. The number of anilines is 1. The van der Waals surface area contributed by atoms with Gasteiger partial charge in [-0.05, 0) is 86.3 Å². The largest absolute Gasteiger partial charge is 0.355 e. The Kier molecular flexibility index (Phi) is 10.5. The molecule has 230 valence electrons. The minimum atomic E-state index is -4.19. The van der Waals surface area contributed by atoms with Crippen molar-refractivity contribution < 1.29 is 22.4 Å². The number of hydrogen-bond donors (Lipinski definition) is 1. The molecule has 0 aromatic heterocycles. The monoisotopic (exact) mass is 615 g/mol. The molecule has 4 aromatic rings. The van der Waals surface area contributed by atoms with E-state index in [1.807, 2.05) is 57.2 Å². The Labute approximate surface area is 259 Å². The van der Waals surface area contributed by atoms with E-state index < -0.39 is 34.3 Å². The molecule has 0 spiro atoms. The van der Waals surface area contributed by atoms with Crippen LogP contribution in [-0.4, -0.2) is 44.3 Å². The van der Waals surface area contributed by atoms with Crippen molar-refractivity contribution in [3.63, 3.8) is 0 Å². The van der Waals surface area contributed by atoms with Gasteiger partial charge in [0.15, 0.2) is 0 Å². The lowest BCUT2D eigenvalue weighted by Crippen LogP contribution is -2.53. The molecule has 0 radical (unpaired) electrons. The van der Waals surface area contributed by atoms with Crippen molar-refractivity contribution in [2.45, 2.75) is 51.6 Å². The van der Waals surface area contributed by atoms with Crippen LogP contribution in [0.3, 0.4) is 0 Å². The maximum absolute atomic E-state index is 14.4. The van der Waals surface area contributed by atoms with Gasteiger partial charge in [-0.25, -0.2) is 12.8 Å². The summed E-state index contributed by atoms with van der Waals surface area (Å²) in [4.78, 5) is 29.4. The molecule has 44 heavy (non-hydrogen) atoms. The first-order valence-corrected chi connectivity index (χ1v) is 15.9. The van der Waals surface area contributed by atoms with Crippen LogP contribution in [0.2, 0.25) is 0 Å². The van der Waals surface area contributed by atoms with E-state index in [1.54, 1.807) is 43.3 Å². The molecule has 1 unspecified atom stereocenters. The molecule has 0 heterocycles. The molecule has 0 aliphatic heterocycles. The van der Waals surface area contributed by atoms with Gasteiger partial charge in [0, 0.05) is 19.5 Å². The SMILES string of the molecule is CCNC(=O)C(Cc1ccccc1)N(Cc1ccc(F)cc1)C(=O)CN(c1cc(C)cc(C)c1)S(=O)(=O)c1ccc(C)cc1. The Bertz CT molecular complexity index is 1670. The summed E-state index contributed by atoms with van der Waals surface area (Å²) < 4.78 is 43.2. The number of aryl methyl sites for hydroxylation is 3. The fraction of sp³-hybridized carbons (Fsp3) is 0.257. The maximum Gasteiger partial charge on any atom is 0.264 e. The van der Waals surface area contributed by atoms with E-state index in [0.29, 0.717) is 17.8 Å². The topological polar surface area (TPSA) is 86.8 Å². The van der Waals surface area contributed by atoms with Crippen molar-refractivity contribution in [3.8, 4) is 0 Å². The molecule has 0 saturated carbocycles. The third kappa shape index (κ3) is 8.11. The lowest BCUT2D eigenvalue weighted by molar-refractivity contribution is -0.140. The second kappa shape index (κ2) is 14.3.